The number of ether oxygens (including phenoxy) is 4. The highest BCUT2D eigenvalue weighted by molar-refractivity contribution is 5.90. The number of allylic oxidation sites excluding steroid dienone is 1. The molecule has 0 aromatic carbocycles. The first-order chi connectivity index (χ1) is 17.3. The second-order valence-corrected chi connectivity index (χ2v) is 10.9. The van der Waals surface area contributed by atoms with Crippen LogP contribution in [-0.2, 0) is 38.1 Å². The fourth-order valence-corrected chi connectivity index (χ4v) is 5.80. The second kappa shape index (κ2) is 11.1. The summed E-state index contributed by atoms with van der Waals surface area (Å²) >= 11 is 0. The molecule has 0 amide bonds. The average Bonchev–Trinajstić information content (AvgIpc) is 3.51. The van der Waals surface area contributed by atoms with Gasteiger partial charge in [0.25, 0.3) is 0 Å². The van der Waals surface area contributed by atoms with Crippen molar-refractivity contribution in [3.05, 3.63) is 23.8 Å². The third-order valence-corrected chi connectivity index (χ3v) is 8.24. The summed E-state index contributed by atoms with van der Waals surface area (Å²) in [6.45, 7) is 16.5. The Labute approximate surface area is 218 Å². The van der Waals surface area contributed by atoms with Crippen LogP contribution in [0, 0.1) is 29.6 Å². The second-order valence-electron chi connectivity index (χ2n) is 10.9. The molecular weight excluding hydrogens is 480 g/mol. The number of aliphatic hydroxyl groups excluding tert-OH is 1. The van der Waals surface area contributed by atoms with Crippen molar-refractivity contribution in [2.24, 2.45) is 29.6 Å². The summed E-state index contributed by atoms with van der Waals surface area (Å²) in [5.74, 6) is -5.47. The Hall–Kier alpha value is -2.52. The zero-order valence-corrected chi connectivity index (χ0v) is 22.8. The molecule has 9 nitrogen and oxygen atoms in total. The van der Waals surface area contributed by atoms with Crippen LogP contribution in [0.25, 0.3) is 0 Å². The Balaban J connectivity index is 2.12. The minimum atomic E-state index is -1.44. The number of fused-ring (bicyclic) bond motifs is 1. The van der Waals surface area contributed by atoms with Crippen molar-refractivity contribution >= 4 is 23.7 Å². The Bertz CT molecular complexity index is 978. The van der Waals surface area contributed by atoms with Crippen molar-refractivity contribution in [1.82, 2.24) is 0 Å². The lowest BCUT2D eigenvalue weighted by Gasteiger charge is -2.48. The van der Waals surface area contributed by atoms with E-state index in [-0.39, 0.29) is 0 Å². The number of carbonyl (C=O) groups excluding carboxylic acids is 4. The molecule has 3 unspecified atom stereocenters. The predicted octanol–water partition coefficient (Wildman–Crippen LogP) is 2.93. The predicted molar refractivity (Wildman–Crippen MR) is 133 cm³/mol. The molecule has 0 aromatic heterocycles. The monoisotopic (exact) mass is 520 g/mol. The summed E-state index contributed by atoms with van der Waals surface area (Å²) in [4.78, 5) is 51.0. The normalized spacial score (nSPS) is 36.9. The van der Waals surface area contributed by atoms with Gasteiger partial charge in [-0.3, -0.25) is 14.4 Å². The quantitative estimate of drug-likeness (QED) is 0.160. The molecule has 1 aliphatic heterocycles. The molecule has 37 heavy (non-hydrogen) atoms. The molecule has 2 saturated carbocycles. The summed E-state index contributed by atoms with van der Waals surface area (Å²) in [6, 6.07) is 0. The first-order valence-corrected chi connectivity index (χ1v) is 13.1. The van der Waals surface area contributed by atoms with Crippen molar-refractivity contribution in [3.63, 3.8) is 0 Å². The highest BCUT2D eigenvalue weighted by Gasteiger charge is 2.69. The highest BCUT2D eigenvalue weighted by atomic mass is 16.6. The molecule has 0 spiro atoms. The van der Waals surface area contributed by atoms with E-state index in [0.717, 1.165) is 5.57 Å². The molecule has 1 saturated heterocycles. The lowest BCUT2D eigenvalue weighted by atomic mass is 9.61. The number of ketones is 1. The van der Waals surface area contributed by atoms with Crippen molar-refractivity contribution in [2.45, 2.75) is 91.3 Å². The van der Waals surface area contributed by atoms with Crippen molar-refractivity contribution in [3.8, 4) is 0 Å². The fourth-order valence-electron chi connectivity index (χ4n) is 5.80. The number of Topliss-reactive ketones (excluding diaryl/α,β-unsaturated/α-hetero) is 1. The van der Waals surface area contributed by atoms with E-state index in [1.165, 1.54) is 13.0 Å². The van der Waals surface area contributed by atoms with Crippen LogP contribution in [0.15, 0.2) is 23.8 Å². The van der Waals surface area contributed by atoms with Gasteiger partial charge in [0.1, 0.15) is 18.3 Å². The molecule has 10 atom stereocenters. The van der Waals surface area contributed by atoms with Gasteiger partial charge in [-0.15, -0.1) is 0 Å². The summed E-state index contributed by atoms with van der Waals surface area (Å²) < 4.78 is 23.1. The maximum atomic E-state index is 13.4. The van der Waals surface area contributed by atoms with Gasteiger partial charge in [0.05, 0.1) is 24.0 Å². The first-order valence-electron chi connectivity index (χ1n) is 13.1. The molecule has 1 N–H and O–H groups in total. The highest BCUT2D eigenvalue weighted by Crippen LogP contribution is 2.58. The maximum absolute atomic E-state index is 13.4. The van der Waals surface area contributed by atoms with E-state index in [1.54, 1.807) is 20.8 Å². The van der Waals surface area contributed by atoms with Gasteiger partial charge in [0, 0.05) is 24.8 Å². The van der Waals surface area contributed by atoms with Crippen molar-refractivity contribution in [1.29, 1.82) is 0 Å². The molecule has 1 heterocycles. The third kappa shape index (κ3) is 5.67. The van der Waals surface area contributed by atoms with Crippen LogP contribution in [0.1, 0.15) is 61.3 Å². The van der Waals surface area contributed by atoms with Gasteiger partial charge in [0.2, 0.25) is 0 Å². The topological polar surface area (TPSA) is 129 Å². The molecular formula is C28H40O9. The zero-order chi connectivity index (χ0) is 27.8. The number of rotatable bonds is 9. The number of hydrogen-bond acceptors (Lipinski definition) is 9. The van der Waals surface area contributed by atoms with Gasteiger partial charge in [-0.2, -0.15) is 0 Å². The van der Waals surface area contributed by atoms with Crippen LogP contribution in [0.2, 0.25) is 0 Å². The van der Waals surface area contributed by atoms with Gasteiger partial charge >= 0.3 is 17.9 Å². The SMILES string of the molecule is C=C1[C@H]2[C@H]([C@H](C3(C)CO3)[C@@H](OC(=O)C(C)CC)[C@H]1OC(=O)/C=C(\C)CC)[C@@H](C(C)OC(C)=O)C(=O)[C@H]2O. The maximum Gasteiger partial charge on any atom is 0.331 e. The minimum absolute atomic E-state index is 0.293. The molecule has 2 aliphatic carbocycles. The van der Waals surface area contributed by atoms with Crippen LogP contribution in [0.4, 0.5) is 0 Å². The van der Waals surface area contributed by atoms with Gasteiger partial charge < -0.3 is 24.1 Å². The summed E-state index contributed by atoms with van der Waals surface area (Å²) in [7, 11) is 0. The number of esters is 3. The minimum Gasteiger partial charge on any atom is -0.462 e. The molecule has 0 radical (unpaired) electrons. The van der Waals surface area contributed by atoms with Crippen LogP contribution in [0.3, 0.4) is 0 Å². The molecule has 3 aliphatic rings. The van der Waals surface area contributed by atoms with Crippen LogP contribution in [-0.4, -0.2) is 65.4 Å². The Kier molecular flexibility index (Phi) is 8.69. The smallest absolute Gasteiger partial charge is 0.331 e. The number of hydrogen-bond donors (Lipinski definition) is 1. The largest absolute Gasteiger partial charge is 0.462 e. The fraction of sp³-hybridized carbons (Fsp3) is 0.714. The van der Waals surface area contributed by atoms with E-state index in [0.29, 0.717) is 25.0 Å². The molecule has 9 heteroatoms. The van der Waals surface area contributed by atoms with Gasteiger partial charge in [-0.25, -0.2) is 4.79 Å². The molecule has 3 fully saturated rings. The summed E-state index contributed by atoms with van der Waals surface area (Å²) in [6.07, 6.45) is -1.82. The third-order valence-electron chi connectivity index (χ3n) is 8.24. The standard InChI is InChI=1S/C28H40O9/c1-9-13(3)11-18(30)36-25-15(5)19-21(20(24(32)23(19)31)16(6)35-17(7)29)22(28(8)12-34-28)26(25)37-27(33)14(4)10-2/h11,14,16,19-23,25-26,31H,5,9-10,12H2,1-4,6-8H3/b13-11+/t14?,16?,19-,20+,21-,22-,23-,25-,26+,28?/m0/s1. The molecule has 0 bridgehead atoms. The Morgan fingerprint density at radius 1 is 1.22 bits per heavy atom. The van der Waals surface area contributed by atoms with E-state index in [9.17, 15) is 24.3 Å². The van der Waals surface area contributed by atoms with Crippen LogP contribution >= 0.6 is 0 Å². The lowest BCUT2D eigenvalue weighted by Crippen LogP contribution is -2.58. The Morgan fingerprint density at radius 2 is 1.84 bits per heavy atom. The molecule has 3 rings (SSSR count). The lowest BCUT2D eigenvalue weighted by molar-refractivity contribution is -0.184. The van der Waals surface area contributed by atoms with Gasteiger partial charge in [0.15, 0.2) is 11.9 Å². The molecule has 0 aromatic rings. The van der Waals surface area contributed by atoms with Gasteiger partial charge in [-0.05, 0) is 45.1 Å². The van der Waals surface area contributed by atoms with Crippen molar-refractivity contribution < 1.29 is 43.2 Å². The van der Waals surface area contributed by atoms with E-state index in [4.69, 9.17) is 18.9 Å². The van der Waals surface area contributed by atoms with Crippen LogP contribution < -0.4 is 0 Å². The van der Waals surface area contributed by atoms with Crippen LogP contribution in [0.5, 0.6) is 0 Å². The van der Waals surface area contributed by atoms with Crippen molar-refractivity contribution in [2.75, 3.05) is 6.61 Å². The zero-order valence-electron chi connectivity index (χ0n) is 22.8. The van der Waals surface area contributed by atoms with E-state index < -0.39 is 83.3 Å². The molecule has 206 valence electrons. The summed E-state index contributed by atoms with van der Waals surface area (Å²) in [5.41, 5.74) is 0.294. The van der Waals surface area contributed by atoms with E-state index in [2.05, 4.69) is 6.58 Å². The van der Waals surface area contributed by atoms with Gasteiger partial charge in [-0.1, -0.05) is 32.9 Å². The average molecular weight is 521 g/mol. The summed E-state index contributed by atoms with van der Waals surface area (Å²) in [5, 5.41) is 11.1. The van der Waals surface area contributed by atoms with E-state index in [1.807, 2.05) is 20.8 Å². The number of carbonyl (C=O) groups is 4. The first kappa shape index (κ1) is 29.0. The van der Waals surface area contributed by atoms with E-state index >= 15 is 0 Å². The Morgan fingerprint density at radius 3 is 2.35 bits per heavy atom. The number of aliphatic hydroxyl groups is 1. The number of epoxide rings is 1.